The summed E-state index contributed by atoms with van der Waals surface area (Å²) >= 11 is 0. The standard InChI is InChI=1S/C8H10N6O2/c9-5-4-6(13-7(10)12-5)14(3-11-4)8-15-1-2-16-8/h3,8H,1-2H2,(H4,9,10,12,13). The zero-order valence-electron chi connectivity index (χ0n) is 8.33. The lowest BCUT2D eigenvalue weighted by Crippen LogP contribution is -2.09. The molecule has 1 fully saturated rings. The van der Waals surface area contributed by atoms with Crippen LogP contribution < -0.4 is 11.5 Å². The van der Waals surface area contributed by atoms with Crippen LogP contribution in [-0.2, 0) is 9.47 Å². The summed E-state index contributed by atoms with van der Waals surface area (Å²) < 4.78 is 12.3. The number of imidazole rings is 1. The average Bonchev–Trinajstić information content (AvgIpc) is 2.83. The van der Waals surface area contributed by atoms with E-state index in [-0.39, 0.29) is 11.8 Å². The van der Waals surface area contributed by atoms with E-state index in [9.17, 15) is 0 Å². The number of rotatable bonds is 1. The van der Waals surface area contributed by atoms with E-state index in [2.05, 4.69) is 15.0 Å². The first-order valence-electron chi connectivity index (χ1n) is 4.74. The van der Waals surface area contributed by atoms with Crippen LogP contribution in [0.1, 0.15) is 6.41 Å². The van der Waals surface area contributed by atoms with Gasteiger partial charge >= 0.3 is 0 Å². The molecule has 2 aromatic rings. The van der Waals surface area contributed by atoms with Crippen molar-refractivity contribution in [2.45, 2.75) is 6.41 Å². The summed E-state index contributed by atoms with van der Waals surface area (Å²) in [4.78, 5) is 12.0. The van der Waals surface area contributed by atoms with Gasteiger partial charge in [0.15, 0.2) is 17.0 Å². The minimum Gasteiger partial charge on any atom is -0.382 e. The van der Waals surface area contributed by atoms with Crippen molar-refractivity contribution in [3.8, 4) is 0 Å². The van der Waals surface area contributed by atoms with E-state index in [1.807, 2.05) is 0 Å². The Balaban J connectivity index is 2.18. The van der Waals surface area contributed by atoms with Crippen LogP contribution in [0.2, 0.25) is 0 Å². The number of hydrogen-bond donors (Lipinski definition) is 2. The van der Waals surface area contributed by atoms with E-state index in [0.29, 0.717) is 24.4 Å². The molecular weight excluding hydrogens is 212 g/mol. The van der Waals surface area contributed by atoms with Gasteiger partial charge in [-0.1, -0.05) is 0 Å². The molecule has 1 saturated heterocycles. The molecule has 0 spiro atoms. The highest BCUT2D eigenvalue weighted by molar-refractivity contribution is 5.82. The molecule has 0 atom stereocenters. The third-order valence-electron chi connectivity index (χ3n) is 2.30. The second-order valence-corrected chi connectivity index (χ2v) is 3.34. The minimum absolute atomic E-state index is 0.102. The lowest BCUT2D eigenvalue weighted by molar-refractivity contribution is -0.0984. The third kappa shape index (κ3) is 1.27. The largest absolute Gasteiger partial charge is 0.382 e. The van der Waals surface area contributed by atoms with Crippen molar-refractivity contribution < 1.29 is 9.47 Å². The molecule has 0 saturated carbocycles. The molecular formula is C8H10N6O2. The van der Waals surface area contributed by atoms with Crippen LogP contribution in [-0.4, -0.2) is 32.7 Å². The molecule has 1 aliphatic heterocycles. The van der Waals surface area contributed by atoms with E-state index in [1.54, 1.807) is 10.9 Å². The fraction of sp³-hybridized carbons (Fsp3) is 0.375. The molecule has 84 valence electrons. The van der Waals surface area contributed by atoms with Crippen molar-refractivity contribution in [2.75, 3.05) is 24.7 Å². The summed E-state index contributed by atoms with van der Waals surface area (Å²) in [5, 5.41) is 0. The van der Waals surface area contributed by atoms with Gasteiger partial charge in [0.1, 0.15) is 6.33 Å². The summed E-state index contributed by atoms with van der Waals surface area (Å²) in [6.45, 7) is 1.08. The Labute approximate surface area is 90.2 Å². The van der Waals surface area contributed by atoms with Crippen molar-refractivity contribution >= 4 is 22.9 Å². The van der Waals surface area contributed by atoms with Crippen LogP contribution >= 0.6 is 0 Å². The van der Waals surface area contributed by atoms with Gasteiger partial charge < -0.3 is 20.9 Å². The zero-order valence-corrected chi connectivity index (χ0v) is 8.33. The van der Waals surface area contributed by atoms with Crippen LogP contribution in [0, 0.1) is 0 Å². The maximum absolute atomic E-state index is 5.68. The molecule has 2 aromatic heterocycles. The quantitative estimate of drug-likeness (QED) is 0.668. The molecule has 4 N–H and O–H groups in total. The van der Waals surface area contributed by atoms with Gasteiger partial charge in [-0.25, -0.2) is 4.98 Å². The number of hydrogen-bond acceptors (Lipinski definition) is 7. The van der Waals surface area contributed by atoms with E-state index >= 15 is 0 Å². The molecule has 1 aliphatic rings. The molecule has 0 amide bonds. The summed E-state index contributed by atoms with van der Waals surface area (Å²) in [6.07, 6.45) is 1.03. The molecule has 0 radical (unpaired) electrons. The van der Waals surface area contributed by atoms with Crippen LogP contribution in [0.5, 0.6) is 0 Å². The fourth-order valence-electron chi connectivity index (χ4n) is 1.62. The van der Waals surface area contributed by atoms with Gasteiger partial charge in [-0.2, -0.15) is 9.97 Å². The minimum atomic E-state index is -0.515. The highest BCUT2D eigenvalue weighted by Gasteiger charge is 2.21. The van der Waals surface area contributed by atoms with Gasteiger partial charge in [0, 0.05) is 0 Å². The highest BCUT2D eigenvalue weighted by Crippen LogP contribution is 2.23. The first-order chi connectivity index (χ1) is 7.75. The number of nitrogens with two attached hydrogens (primary N) is 2. The number of fused-ring (bicyclic) bond motifs is 1. The van der Waals surface area contributed by atoms with Crippen molar-refractivity contribution in [2.24, 2.45) is 0 Å². The smallest absolute Gasteiger partial charge is 0.246 e. The topological polar surface area (TPSA) is 114 Å². The Morgan fingerprint density at radius 2 is 2.00 bits per heavy atom. The molecule has 0 unspecified atom stereocenters. The van der Waals surface area contributed by atoms with Gasteiger partial charge in [-0.3, -0.25) is 4.57 Å². The highest BCUT2D eigenvalue weighted by atomic mass is 16.7. The Hall–Kier alpha value is -1.93. The Morgan fingerprint density at radius 3 is 2.75 bits per heavy atom. The SMILES string of the molecule is Nc1nc(N)c2ncn(C3OCCO3)c2n1. The van der Waals surface area contributed by atoms with Gasteiger partial charge in [0.05, 0.1) is 13.2 Å². The first kappa shape index (κ1) is 9.31. The molecule has 3 rings (SSSR count). The Bertz CT molecular complexity index is 533. The molecule has 8 nitrogen and oxygen atoms in total. The second-order valence-electron chi connectivity index (χ2n) is 3.34. The van der Waals surface area contributed by atoms with Crippen molar-refractivity contribution in [1.29, 1.82) is 0 Å². The van der Waals surface area contributed by atoms with Gasteiger partial charge in [-0.15, -0.1) is 0 Å². The molecule has 0 bridgehead atoms. The normalized spacial score (nSPS) is 17.2. The monoisotopic (exact) mass is 222 g/mol. The van der Waals surface area contributed by atoms with E-state index in [4.69, 9.17) is 20.9 Å². The maximum atomic E-state index is 5.68. The Morgan fingerprint density at radius 1 is 1.25 bits per heavy atom. The second kappa shape index (κ2) is 3.29. The van der Waals surface area contributed by atoms with Crippen molar-refractivity contribution in [1.82, 2.24) is 19.5 Å². The molecule has 3 heterocycles. The Kier molecular flexibility index (Phi) is 1.91. The van der Waals surface area contributed by atoms with E-state index < -0.39 is 6.41 Å². The predicted octanol–water partition coefficient (Wildman–Crippen LogP) is -0.506. The van der Waals surface area contributed by atoms with Gasteiger partial charge in [0.25, 0.3) is 0 Å². The predicted molar refractivity (Wildman–Crippen MR) is 55.1 cm³/mol. The lowest BCUT2D eigenvalue weighted by atomic mass is 10.5. The number of anilines is 2. The summed E-state index contributed by atoms with van der Waals surface area (Å²) in [6, 6.07) is 0. The first-order valence-corrected chi connectivity index (χ1v) is 4.74. The van der Waals surface area contributed by atoms with Crippen LogP contribution in [0.4, 0.5) is 11.8 Å². The van der Waals surface area contributed by atoms with Crippen molar-refractivity contribution in [3.63, 3.8) is 0 Å². The van der Waals surface area contributed by atoms with Crippen molar-refractivity contribution in [3.05, 3.63) is 6.33 Å². The summed E-state index contributed by atoms with van der Waals surface area (Å²) in [5.74, 6) is 0.351. The summed E-state index contributed by atoms with van der Waals surface area (Å²) in [7, 11) is 0. The van der Waals surface area contributed by atoms with Gasteiger partial charge in [-0.05, 0) is 0 Å². The van der Waals surface area contributed by atoms with Crippen LogP contribution in [0.15, 0.2) is 6.33 Å². The number of nitrogen functional groups attached to an aromatic ring is 2. The summed E-state index contributed by atoms with van der Waals surface area (Å²) in [5.41, 5.74) is 12.2. The number of ether oxygens (including phenoxy) is 2. The lowest BCUT2D eigenvalue weighted by Gasteiger charge is -2.10. The average molecular weight is 222 g/mol. The molecule has 0 aromatic carbocycles. The fourth-order valence-corrected chi connectivity index (χ4v) is 1.62. The third-order valence-corrected chi connectivity index (χ3v) is 2.30. The molecule has 8 heteroatoms. The van der Waals surface area contributed by atoms with Crippen LogP contribution in [0.3, 0.4) is 0 Å². The zero-order chi connectivity index (χ0) is 11.1. The molecule has 16 heavy (non-hydrogen) atoms. The maximum Gasteiger partial charge on any atom is 0.246 e. The van der Waals surface area contributed by atoms with E-state index in [0.717, 1.165) is 0 Å². The van der Waals surface area contributed by atoms with Gasteiger partial charge in [0.2, 0.25) is 12.4 Å². The van der Waals surface area contributed by atoms with E-state index in [1.165, 1.54) is 0 Å². The van der Waals surface area contributed by atoms with Crippen LogP contribution in [0.25, 0.3) is 11.2 Å². The number of nitrogens with zero attached hydrogens (tertiary/aromatic N) is 4. The number of aromatic nitrogens is 4. The molecule has 0 aliphatic carbocycles.